The Balaban J connectivity index is 1.57. The molecule has 3 aliphatic rings. The number of nitrogens with one attached hydrogen (secondary N) is 1. The summed E-state index contributed by atoms with van der Waals surface area (Å²) in [6.45, 7) is 0. The van der Waals surface area contributed by atoms with E-state index in [9.17, 15) is 27.6 Å². The number of alkyl halides is 4. The second kappa shape index (κ2) is 11.7. The molecule has 3 N–H and O–H groups in total. The summed E-state index contributed by atoms with van der Waals surface area (Å²) in [6.07, 6.45) is 2.72. The first kappa shape index (κ1) is 28.4. The lowest BCUT2D eigenvalue weighted by atomic mass is 9.81. The number of nitrogen functional groups attached to an aromatic ring is 1. The predicted octanol–water partition coefficient (Wildman–Crippen LogP) is 4.26. The minimum atomic E-state index is -4.67. The van der Waals surface area contributed by atoms with E-state index in [0.29, 0.717) is 42.6 Å². The van der Waals surface area contributed by atoms with Crippen LogP contribution in [0, 0.1) is 11.8 Å². The average Bonchev–Trinajstić information content (AvgIpc) is 2.87. The average molecular weight is 558 g/mol. The lowest BCUT2D eigenvalue weighted by molar-refractivity contribution is -0.172. The number of halogens is 4. The molecule has 5 atom stereocenters. The third kappa shape index (κ3) is 6.18. The molecule has 2 aliphatic carbocycles. The van der Waals surface area contributed by atoms with Gasteiger partial charge in [-0.15, -0.1) is 11.6 Å². The largest absolute Gasteiger partial charge is 0.408 e. The number of anilines is 1. The van der Waals surface area contributed by atoms with Gasteiger partial charge in [0.1, 0.15) is 17.9 Å². The van der Waals surface area contributed by atoms with Gasteiger partial charge < -0.3 is 16.0 Å². The van der Waals surface area contributed by atoms with Crippen molar-refractivity contribution >= 4 is 35.3 Å². The number of likely N-dealkylation sites (tertiary alicyclic amines) is 1. The number of pyridine rings is 1. The standard InChI is InChI=1S/C26H35ClF3N5O3/c1-34(18-9-5-8-17(27)14-18)24(37)21-19(12-15-10-11-32-20(31)13-15)23(36)35(21)25(38)33-22(26(28,29)30)16-6-3-2-4-7-16/h10-11,13,16-19,21-22H,2-9,12,14H2,1H3,(H2,31,32)(H,33,38)/t17?,18?,19?,21-,22-/m0/s1. The van der Waals surface area contributed by atoms with Gasteiger partial charge in [0.05, 0.1) is 5.92 Å². The normalized spacial score (nSPS) is 27.4. The highest BCUT2D eigenvalue weighted by Gasteiger charge is 2.57. The van der Waals surface area contributed by atoms with Crippen LogP contribution in [0.3, 0.4) is 0 Å². The number of carbonyl (C=O) groups is 3. The highest BCUT2D eigenvalue weighted by molar-refractivity contribution is 6.20. The van der Waals surface area contributed by atoms with E-state index in [1.54, 1.807) is 19.2 Å². The van der Waals surface area contributed by atoms with Crippen LogP contribution in [-0.4, -0.2) is 69.4 Å². The van der Waals surface area contributed by atoms with Crippen LogP contribution in [0.25, 0.3) is 0 Å². The molecule has 8 nitrogen and oxygen atoms in total. The van der Waals surface area contributed by atoms with E-state index in [0.717, 1.165) is 25.7 Å². The van der Waals surface area contributed by atoms with Crippen LogP contribution >= 0.6 is 11.6 Å². The van der Waals surface area contributed by atoms with Crippen molar-refractivity contribution < 1.29 is 27.6 Å². The van der Waals surface area contributed by atoms with Crippen molar-refractivity contribution in [1.82, 2.24) is 20.1 Å². The Labute approximate surface area is 225 Å². The summed E-state index contributed by atoms with van der Waals surface area (Å²) in [6, 6.07) is -1.44. The lowest BCUT2D eigenvalue weighted by Crippen LogP contribution is -2.72. The molecule has 1 aromatic heterocycles. The topological polar surface area (TPSA) is 109 Å². The molecule has 210 valence electrons. The molecule has 3 unspecified atom stereocenters. The van der Waals surface area contributed by atoms with Gasteiger partial charge in [0.25, 0.3) is 0 Å². The number of likely N-dealkylation sites (N-methyl/N-ethyl adjacent to an activating group) is 1. The van der Waals surface area contributed by atoms with Crippen molar-refractivity contribution in [2.75, 3.05) is 12.8 Å². The van der Waals surface area contributed by atoms with Gasteiger partial charge in [0.2, 0.25) is 11.8 Å². The van der Waals surface area contributed by atoms with E-state index in [4.69, 9.17) is 17.3 Å². The summed E-state index contributed by atoms with van der Waals surface area (Å²) in [5.41, 5.74) is 6.40. The number of urea groups is 1. The molecule has 0 bridgehead atoms. The fourth-order valence-corrected chi connectivity index (χ4v) is 6.48. The fourth-order valence-electron chi connectivity index (χ4n) is 6.12. The zero-order valence-corrected chi connectivity index (χ0v) is 22.2. The van der Waals surface area contributed by atoms with Gasteiger partial charge in [-0.05, 0) is 68.6 Å². The number of hydrogen-bond donors (Lipinski definition) is 2. The Bertz CT molecular complexity index is 1040. The zero-order chi connectivity index (χ0) is 27.6. The number of rotatable bonds is 6. The molecule has 4 rings (SSSR count). The number of carbonyl (C=O) groups excluding carboxylic acids is 3. The molecule has 0 aromatic carbocycles. The summed E-state index contributed by atoms with van der Waals surface area (Å²) in [4.78, 5) is 46.2. The van der Waals surface area contributed by atoms with Crippen LogP contribution in [0.15, 0.2) is 18.3 Å². The second-order valence-electron chi connectivity index (χ2n) is 10.8. The van der Waals surface area contributed by atoms with Crippen molar-refractivity contribution in [2.45, 2.75) is 93.9 Å². The number of amides is 4. The monoisotopic (exact) mass is 557 g/mol. The van der Waals surface area contributed by atoms with E-state index in [1.165, 1.54) is 11.1 Å². The summed E-state index contributed by atoms with van der Waals surface area (Å²) >= 11 is 6.32. The van der Waals surface area contributed by atoms with Crippen LogP contribution in [0.2, 0.25) is 0 Å². The third-order valence-corrected chi connectivity index (χ3v) is 8.61. The molecule has 38 heavy (non-hydrogen) atoms. The molecule has 0 radical (unpaired) electrons. The van der Waals surface area contributed by atoms with E-state index in [2.05, 4.69) is 10.3 Å². The third-order valence-electron chi connectivity index (χ3n) is 8.22. The maximum Gasteiger partial charge on any atom is 0.408 e. The van der Waals surface area contributed by atoms with E-state index in [-0.39, 0.29) is 23.7 Å². The van der Waals surface area contributed by atoms with Gasteiger partial charge in [-0.1, -0.05) is 19.3 Å². The first-order chi connectivity index (χ1) is 18.0. The van der Waals surface area contributed by atoms with E-state index in [1.807, 2.05) is 0 Å². The molecule has 0 spiro atoms. The summed E-state index contributed by atoms with van der Waals surface area (Å²) in [5, 5.41) is 1.99. The van der Waals surface area contributed by atoms with Gasteiger partial charge >= 0.3 is 12.2 Å². The quantitative estimate of drug-likeness (QED) is 0.401. The van der Waals surface area contributed by atoms with Gasteiger partial charge in [-0.25, -0.2) is 9.78 Å². The maximum atomic E-state index is 14.0. The Morgan fingerprint density at radius 1 is 1.21 bits per heavy atom. The van der Waals surface area contributed by atoms with E-state index >= 15 is 0 Å². The molecule has 3 fully saturated rings. The number of β-lactam (4-membered cyclic amide) rings is 1. The highest BCUT2D eigenvalue weighted by atomic mass is 35.5. The van der Waals surface area contributed by atoms with Gasteiger partial charge in [0.15, 0.2) is 0 Å². The summed E-state index contributed by atoms with van der Waals surface area (Å²) in [7, 11) is 1.60. The zero-order valence-electron chi connectivity index (χ0n) is 21.4. The summed E-state index contributed by atoms with van der Waals surface area (Å²) < 4.78 is 42.0. The SMILES string of the molecule is CN(C(=O)[C@@H]1C(Cc2ccnc(N)c2)C(=O)N1C(=O)N[C@@H](C1CCCCC1)C(F)(F)F)C1CCCC(Cl)C1. The summed E-state index contributed by atoms with van der Waals surface area (Å²) in [5.74, 6) is -2.61. The predicted molar refractivity (Wildman–Crippen MR) is 136 cm³/mol. The molecule has 1 aromatic rings. The second-order valence-corrected chi connectivity index (χ2v) is 11.4. The van der Waals surface area contributed by atoms with Crippen molar-refractivity contribution in [3.63, 3.8) is 0 Å². The molecule has 2 saturated carbocycles. The molecular formula is C26H35ClF3N5O3. The number of nitrogens with two attached hydrogens (primary N) is 1. The highest BCUT2D eigenvalue weighted by Crippen LogP contribution is 2.37. The molecular weight excluding hydrogens is 523 g/mol. The van der Waals surface area contributed by atoms with Crippen LogP contribution < -0.4 is 11.1 Å². The Hall–Kier alpha value is -2.56. The van der Waals surface area contributed by atoms with Crippen LogP contribution in [0.5, 0.6) is 0 Å². The maximum absolute atomic E-state index is 14.0. The molecule has 12 heteroatoms. The smallest absolute Gasteiger partial charge is 0.384 e. The van der Waals surface area contributed by atoms with Crippen molar-refractivity contribution in [3.05, 3.63) is 23.9 Å². The minimum absolute atomic E-state index is 0.0925. The van der Waals surface area contributed by atoms with Gasteiger partial charge in [-0.2, -0.15) is 13.2 Å². The first-order valence-corrected chi connectivity index (χ1v) is 13.7. The van der Waals surface area contributed by atoms with Crippen molar-refractivity contribution in [2.24, 2.45) is 11.8 Å². The molecule has 1 aliphatic heterocycles. The Kier molecular flexibility index (Phi) is 8.74. The van der Waals surface area contributed by atoms with Crippen LogP contribution in [0.4, 0.5) is 23.8 Å². The molecule has 4 amide bonds. The van der Waals surface area contributed by atoms with Crippen molar-refractivity contribution in [1.29, 1.82) is 0 Å². The van der Waals surface area contributed by atoms with E-state index < -0.39 is 47.9 Å². The van der Waals surface area contributed by atoms with Crippen molar-refractivity contribution in [3.8, 4) is 0 Å². The van der Waals surface area contributed by atoms with Crippen LogP contribution in [0.1, 0.15) is 63.4 Å². The number of imide groups is 1. The number of aromatic nitrogens is 1. The fraction of sp³-hybridized carbons (Fsp3) is 0.692. The van der Waals surface area contributed by atoms with Gasteiger partial charge in [0, 0.05) is 24.7 Å². The molecule has 2 heterocycles. The Morgan fingerprint density at radius 3 is 2.55 bits per heavy atom. The number of nitrogens with zero attached hydrogens (tertiary/aromatic N) is 3. The first-order valence-electron chi connectivity index (χ1n) is 13.3. The lowest BCUT2D eigenvalue weighted by Gasteiger charge is -2.47. The Morgan fingerprint density at radius 2 is 1.92 bits per heavy atom. The molecule has 1 saturated heterocycles. The number of hydrogen-bond acceptors (Lipinski definition) is 5. The van der Waals surface area contributed by atoms with Crippen LogP contribution in [-0.2, 0) is 16.0 Å². The minimum Gasteiger partial charge on any atom is -0.384 e. The van der Waals surface area contributed by atoms with Gasteiger partial charge in [-0.3, -0.25) is 14.5 Å².